The number of fused-ring (bicyclic) bond motifs is 4. The molecule has 2 saturated heterocycles. The number of rotatable bonds is 4. The molecule has 2 aromatic rings. The molecule has 3 amide bonds. The van der Waals surface area contributed by atoms with Crippen LogP contribution in [0.1, 0.15) is 52.7 Å². The molecule has 4 aliphatic rings. The summed E-state index contributed by atoms with van der Waals surface area (Å²) in [6, 6.07) is 11.6. The molecule has 1 unspecified atom stereocenters. The molecular weight excluding hydrogens is 446 g/mol. The van der Waals surface area contributed by atoms with E-state index in [9.17, 15) is 14.4 Å². The van der Waals surface area contributed by atoms with Crippen LogP contribution in [0.2, 0.25) is 0 Å². The van der Waals surface area contributed by atoms with E-state index in [0.29, 0.717) is 25.1 Å². The first-order valence-corrected chi connectivity index (χ1v) is 12.3. The van der Waals surface area contributed by atoms with Gasteiger partial charge in [0.25, 0.3) is 5.91 Å². The highest BCUT2D eigenvalue weighted by atomic mass is 16.5. The number of hydrogen-bond acceptors (Lipinski definition) is 6. The molecule has 0 saturated carbocycles. The Morgan fingerprint density at radius 3 is 2.57 bits per heavy atom. The second kappa shape index (κ2) is 8.37. The summed E-state index contributed by atoms with van der Waals surface area (Å²) in [4.78, 5) is 41.1. The van der Waals surface area contributed by atoms with Gasteiger partial charge in [0.15, 0.2) is 0 Å². The van der Waals surface area contributed by atoms with Gasteiger partial charge in [-0.3, -0.25) is 24.6 Å². The third kappa shape index (κ3) is 3.67. The Morgan fingerprint density at radius 2 is 1.86 bits per heavy atom. The zero-order chi connectivity index (χ0) is 24.2. The van der Waals surface area contributed by atoms with Crippen molar-refractivity contribution < 1.29 is 23.9 Å². The maximum absolute atomic E-state index is 13.1. The van der Waals surface area contributed by atoms with Gasteiger partial charge in [0.1, 0.15) is 17.5 Å². The minimum Gasteiger partial charge on any atom is -0.497 e. The largest absolute Gasteiger partial charge is 0.497 e. The third-order valence-corrected chi connectivity index (χ3v) is 8.11. The fourth-order valence-electron chi connectivity index (χ4n) is 6.03. The first-order valence-electron chi connectivity index (χ1n) is 12.3. The molecular formula is C27H29N3O5. The van der Waals surface area contributed by atoms with Gasteiger partial charge in [0, 0.05) is 35.1 Å². The number of nitrogens with zero attached hydrogens (tertiary/aromatic N) is 2. The van der Waals surface area contributed by atoms with E-state index in [-0.39, 0.29) is 29.6 Å². The highest BCUT2D eigenvalue weighted by Crippen LogP contribution is 2.49. The third-order valence-electron chi connectivity index (χ3n) is 8.11. The number of amides is 3. The maximum atomic E-state index is 13.1. The van der Waals surface area contributed by atoms with Crippen molar-refractivity contribution in [2.24, 2.45) is 0 Å². The molecule has 6 rings (SSSR count). The monoisotopic (exact) mass is 475 g/mol. The maximum Gasteiger partial charge on any atom is 0.255 e. The van der Waals surface area contributed by atoms with Crippen LogP contribution in [0.4, 0.5) is 0 Å². The number of nitrogens with one attached hydrogen (secondary N) is 1. The molecule has 0 aromatic heterocycles. The number of carbonyl (C=O) groups is 3. The van der Waals surface area contributed by atoms with Gasteiger partial charge in [-0.25, -0.2) is 0 Å². The van der Waals surface area contributed by atoms with E-state index in [1.165, 1.54) is 11.1 Å². The Morgan fingerprint density at radius 1 is 1.09 bits per heavy atom. The topological polar surface area (TPSA) is 88.2 Å². The van der Waals surface area contributed by atoms with E-state index in [1.54, 1.807) is 12.0 Å². The lowest BCUT2D eigenvalue weighted by Gasteiger charge is -2.38. The second-order valence-electron chi connectivity index (χ2n) is 10.1. The first kappa shape index (κ1) is 22.1. The first-order chi connectivity index (χ1) is 17.0. The quantitative estimate of drug-likeness (QED) is 0.684. The van der Waals surface area contributed by atoms with Crippen LogP contribution in [-0.4, -0.2) is 60.4 Å². The Hall–Kier alpha value is -3.39. The molecule has 2 aromatic carbocycles. The van der Waals surface area contributed by atoms with Crippen molar-refractivity contribution in [3.63, 3.8) is 0 Å². The number of imide groups is 1. The summed E-state index contributed by atoms with van der Waals surface area (Å²) in [6.07, 6.45) is 2.61. The zero-order valence-electron chi connectivity index (χ0n) is 19.8. The normalized spacial score (nSPS) is 23.2. The van der Waals surface area contributed by atoms with Gasteiger partial charge in [0.2, 0.25) is 11.8 Å². The van der Waals surface area contributed by atoms with E-state index in [4.69, 9.17) is 9.47 Å². The van der Waals surface area contributed by atoms with Crippen LogP contribution >= 0.6 is 0 Å². The van der Waals surface area contributed by atoms with E-state index >= 15 is 0 Å². The fourth-order valence-corrected chi connectivity index (χ4v) is 6.03. The smallest absolute Gasteiger partial charge is 0.255 e. The summed E-state index contributed by atoms with van der Waals surface area (Å²) >= 11 is 0. The lowest BCUT2D eigenvalue weighted by molar-refractivity contribution is -0.136. The molecule has 182 valence electrons. The molecule has 0 bridgehead atoms. The standard InChI is InChI=1S/C27H29N3O5/c1-34-18-4-2-17(3-5-18)14-29-12-10-27(11-13-29)16-35-24-20-15-30(22-8-9-23(31)28-25(22)32)26(33)19(20)6-7-21(24)27/h2-7,22H,8-16H2,1H3,(H,28,31,32). The Kier molecular flexibility index (Phi) is 5.29. The Labute approximate surface area is 204 Å². The van der Waals surface area contributed by atoms with Gasteiger partial charge in [-0.1, -0.05) is 18.2 Å². The molecule has 0 radical (unpaired) electrons. The number of likely N-dealkylation sites (tertiary alicyclic amines) is 1. The molecule has 1 spiro atoms. The van der Waals surface area contributed by atoms with Crippen molar-refractivity contribution in [2.45, 2.75) is 50.2 Å². The predicted octanol–water partition coefficient (Wildman–Crippen LogP) is 2.38. The molecule has 1 atom stereocenters. The van der Waals surface area contributed by atoms with Crippen molar-refractivity contribution >= 4 is 17.7 Å². The van der Waals surface area contributed by atoms with E-state index in [1.807, 2.05) is 18.2 Å². The van der Waals surface area contributed by atoms with Crippen molar-refractivity contribution in [1.82, 2.24) is 15.1 Å². The predicted molar refractivity (Wildman–Crippen MR) is 127 cm³/mol. The number of benzene rings is 2. The van der Waals surface area contributed by atoms with Crippen LogP contribution in [-0.2, 0) is 28.1 Å². The second-order valence-corrected chi connectivity index (χ2v) is 10.1. The Bertz CT molecular complexity index is 1200. The summed E-state index contributed by atoms with van der Waals surface area (Å²) < 4.78 is 11.5. The molecule has 8 heteroatoms. The van der Waals surface area contributed by atoms with Gasteiger partial charge in [0.05, 0.1) is 20.3 Å². The van der Waals surface area contributed by atoms with Gasteiger partial charge >= 0.3 is 0 Å². The minimum atomic E-state index is -0.611. The molecule has 1 N–H and O–H groups in total. The van der Waals surface area contributed by atoms with Crippen LogP contribution in [0.3, 0.4) is 0 Å². The minimum absolute atomic E-state index is 0.0358. The number of piperidine rings is 2. The number of ether oxygens (including phenoxy) is 2. The summed E-state index contributed by atoms with van der Waals surface area (Å²) in [7, 11) is 1.68. The van der Waals surface area contributed by atoms with Gasteiger partial charge < -0.3 is 14.4 Å². The van der Waals surface area contributed by atoms with Crippen molar-refractivity contribution in [3.8, 4) is 11.5 Å². The number of carbonyl (C=O) groups excluding carboxylic acids is 3. The zero-order valence-corrected chi connectivity index (χ0v) is 19.8. The van der Waals surface area contributed by atoms with Crippen molar-refractivity contribution in [1.29, 1.82) is 0 Å². The molecule has 35 heavy (non-hydrogen) atoms. The summed E-state index contributed by atoms with van der Waals surface area (Å²) in [5.41, 5.74) is 3.93. The molecule has 4 heterocycles. The number of hydrogen-bond donors (Lipinski definition) is 1. The van der Waals surface area contributed by atoms with Crippen molar-refractivity contribution in [2.75, 3.05) is 26.8 Å². The average Bonchev–Trinajstić information content (AvgIpc) is 3.39. The fraction of sp³-hybridized carbons (Fsp3) is 0.444. The van der Waals surface area contributed by atoms with Crippen LogP contribution in [0.15, 0.2) is 36.4 Å². The molecule has 2 fully saturated rings. The molecule has 0 aliphatic carbocycles. The lowest BCUT2D eigenvalue weighted by Crippen LogP contribution is -2.52. The lowest BCUT2D eigenvalue weighted by atomic mass is 9.74. The van der Waals surface area contributed by atoms with E-state index in [2.05, 4.69) is 28.4 Å². The van der Waals surface area contributed by atoms with Crippen LogP contribution < -0.4 is 14.8 Å². The SMILES string of the molecule is COc1ccc(CN2CCC3(CC2)COc2c3ccc3c2CN(C2CCC(=O)NC2=O)C3=O)cc1. The highest BCUT2D eigenvalue weighted by Gasteiger charge is 2.47. The average molecular weight is 476 g/mol. The summed E-state index contributed by atoms with van der Waals surface area (Å²) in [5, 5.41) is 2.37. The van der Waals surface area contributed by atoms with Gasteiger partial charge in [-0.2, -0.15) is 0 Å². The number of methoxy groups -OCH3 is 1. The summed E-state index contributed by atoms with van der Waals surface area (Å²) in [5.74, 6) is 0.874. The van der Waals surface area contributed by atoms with E-state index < -0.39 is 6.04 Å². The van der Waals surface area contributed by atoms with Gasteiger partial charge in [-0.15, -0.1) is 0 Å². The van der Waals surface area contributed by atoms with Crippen LogP contribution in [0, 0.1) is 0 Å². The summed E-state index contributed by atoms with van der Waals surface area (Å²) in [6.45, 7) is 3.85. The molecule has 8 nitrogen and oxygen atoms in total. The molecule has 4 aliphatic heterocycles. The Balaban J connectivity index is 1.17. The van der Waals surface area contributed by atoms with Crippen molar-refractivity contribution in [3.05, 3.63) is 58.7 Å². The van der Waals surface area contributed by atoms with Crippen LogP contribution in [0.25, 0.3) is 0 Å². The van der Waals surface area contributed by atoms with E-state index in [0.717, 1.165) is 49.5 Å². The highest BCUT2D eigenvalue weighted by molar-refractivity contribution is 6.05. The van der Waals surface area contributed by atoms with Crippen LogP contribution in [0.5, 0.6) is 11.5 Å². The van der Waals surface area contributed by atoms with Gasteiger partial charge in [-0.05, 0) is 56.1 Å².